The third-order valence-electron chi connectivity index (χ3n) is 10.2. The van der Waals surface area contributed by atoms with Crippen LogP contribution in [0.2, 0.25) is 0 Å². The number of thiophene rings is 1. The minimum absolute atomic E-state index is 0.731. The van der Waals surface area contributed by atoms with Crippen LogP contribution in [0.1, 0.15) is 0 Å². The quantitative estimate of drug-likeness (QED) is 0.187. The Labute approximate surface area is 297 Å². The van der Waals surface area contributed by atoms with E-state index in [-0.39, 0.29) is 0 Å². The van der Waals surface area contributed by atoms with E-state index in [2.05, 4.69) is 173 Å². The molecule has 0 amide bonds. The molecule has 0 aliphatic heterocycles. The van der Waals surface area contributed by atoms with Gasteiger partial charge in [-0.1, -0.05) is 127 Å². The van der Waals surface area contributed by atoms with Crippen LogP contribution in [0, 0.1) is 0 Å². The van der Waals surface area contributed by atoms with E-state index in [9.17, 15) is 0 Å². The molecular formula is C46H28N4S. The molecule has 0 saturated heterocycles. The summed E-state index contributed by atoms with van der Waals surface area (Å²) in [5, 5.41) is 7.17. The summed E-state index contributed by atoms with van der Waals surface area (Å²) < 4.78 is 6.09. The molecule has 0 N–H and O–H groups in total. The van der Waals surface area contributed by atoms with Gasteiger partial charge in [0.05, 0.1) is 33.4 Å². The van der Waals surface area contributed by atoms with Gasteiger partial charge in [0.1, 0.15) is 4.83 Å². The molecule has 0 aliphatic carbocycles. The van der Waals surface area contributed by atoms with Crippen LogP contribution >= 0.6 is 11.3 Å². The molecule has 0 bridgehead atoms. The number of aromatic nitrogens is 4. The molecule has 11 aromatic rings. The fourth-order valence-corrected chi connectivity index (χ4v) is 9.09. The van der Waals surface area contributed by atoms with Crippen LogP contribution in [0.3, 0.4) is 0 Å². The van der Waals surface area contributed by atoms with Crippen molar-refractivity contribution in [2.75, 3.05) is 0 Å². The van der Waals surface area contributed by atoms with Gasteiger partial charge in [-0.2, -0.15) is 0 Å². The first kappa shape index (κ1) is 28.3. The van der Waals surface area contributed by atoms with Gasteiger partial charge in [0, 0.05) is 53.8 Å². The lowest BCUT2D eigenvalue weighted by molar-refractivity contribution is 1.17. The van der Waals surface area contributed by atoms with Crippen LogP contribution in [0.4, 0.5) is 0 Å². The fraction of sp³-hybridized carbons (Fsp3) is 0. The second kappa shape index (κ2) is 11.0. The van der Waals surface area contributed by atoms with E-state index in [0.29, 0.717) is 0 Å². The molecule has 0 saturated carbocycles. The second-order valence-corrected chi connectivity index (χ2v) is 14.0. The molecule has 5 heteroatoms. The molecule has 0 unspecified atom stereocenters. The zero-order chi connectivity index (χ0) is 33.5. The third-order valence-corrected chi connectivity index (χ3v) is 11.2. The van der Waals surface area contributed by atoms with Crippen molar-refractivity contribution in [3.63, 3.8) is 0 Å². The van der Waals surface area contributed by atoms with Crippen LogP contribution in [0.5, 0.6) is 0 Å². The van der Waals surface area contributed by atoms with E-state index in [4.69, 9.17) is 9.97 Å². The Morgan fingerprint density at radius 3 is 1.90 bits per heavy atom. The Bertz CT molecular complexity index is 3130. The van der Waals surface area contributed by atoms with E-state index in [0.717, 1.165) is 49.8 Å². The van der Waals surface area contributed by atoms with Crippen molar-refractivity contribution in [3.05, 3.63) is 170 Å². The number of fused-ring (bicyclic) bond motifs is 10. The summed E-state index contributed by atoms with van der Waals surface area (Å²) in [6.45, 7) is 0. The van der Waals surface area contributed by atoms with Gasteiger partial charge >= 0.3 is 0 Å². The second-order valence-electron chi connectivity index (χ2n) is 13.0. The highest BCUT2D eigenvalue weighted by Gasteiger charge is 2.24. The van der Waals surface area contributed by atoms with Crippen molar-refractivity contribution < 1.29 is 0 Å². The van der Waals surface area contributed by atoms with Gasteiger partial charge in [-0.15, -0.1) is 11.3 Å². The topological polar surface area (TPSA) is 35.6 Å². The molecule has 238 valence electrons. The molecular weight excluding hydrogens is 641 g/mol. The van der Waals surface area contributed by atoms with Crippen molar-refractivity contribution in [1.82, 2.24) is 19.1 Å². The number of para-hydroxylation sites is 4. The Morgan fingerprint density at radius 2 is 1.08 bits per heavy atom. The largest absolute Gasteiger partial charge is 0.309 e. The first-order valence-electron chi connectivity index (χ1n) is 17.2. The van der Waals surface area contributed by atoms with Crippen molar-refractivity contribution >= 4 is 75.3 Å². The summed E-state index contributed by atoms with van der Waals surface area (Å²) in [4.78, 5) is 11.6. The number of rotatable bonds is 4. The van der Waals surface area contributed by atoms with E-state index in [1.54, 1.807) is 11.3 Å². The lowest BCUT2D eigenvalue weighted by Crippen LogP contribution is -2.00. The number of hydrogen-bond donors (Lipinski definition) is 0. The molecule has 0 radical (unpaired) electrons. The van der Waals surface area contributed by atoms with Crippen LogP contribution in [0.15, 0.2) is 170 Å². The van der Waals surface area contributed by atoms with Crippen LogP contribution in [0.25, 0.3) is 97.9 Å². The molecule has 0 atom stereocenters. The first-order chi connectivity index (χ1) is 25.3. The average Bonchev–Trinajstić information content (AvgIpc) is 3.86. The molecule has 11 rings (SSSR count). The summed E-state index contributed by atoms with van der Waals surface area (Å²) in [6.07, 6.45) is 0. The Balaban J connectivity index is 1.30. The lowest BCUT2D eigenvalue weighted by atomic mass is 10.0. The van der Waals surface area contributed by atoms with Crippen LogP contribution in [-0.4, -0.2) is 19.1 Å². The normalized spacial score (nSPS) is 11.9. The Kier molecular flexibility index (Phi) is 6.09. The van der Waals surface area contributed by atoms with Crippen molar-refractivity contribution in [1.29, 1.82) is 0 Å². The molecule has 4 nitrogen and oxygen atoms in total. The summed E-state index contributed by atoms with van der Waals surface area (Å²) >= 11 is 1.73. The van der Waals surface area contributed by atoms with Gasteiger partial charge in [0.15, 0.2) is 5.82 Å². The Hall–Kier alpha value is -6.56. The average molecular weight is 669 g/mol. The molecule has 0 fully saturated rings. The van der Waals surface area contributed by atoms with Gasteiger partial charge < -0.3 is 9.13 Å². The fourth-order valence-electron chi connectivity index (χ4n) is 8.02. The number of benzene rings is 7. The smallest absolute Gasteiger partial charge is 0.161 e. The summed E-state index contributed by atoms with van der Waals surface area (Å²) in [5.41, 5.74) is 9.96. The standard InChI is InChI=1S/C46H28N4S/c1-3-15-29(16-4-1)45-47-43(42-35-22-10-14-26-40(35)51-46(42)48-45)34-21-9-13-25-38(34)50-36-23-11-7-19-31(36)32-27-28-39-41(44(32)50)33-20-8-12-24-37(33)49(39)30-17-5-2-6-18-30/h1-28H. The van der Waals surface area contributed by atoms with E-state index in [1.807, 2.05) is 6.07 Å². The maximum Gasteiger partial charge on any atom is 0.161 e. The lowest BCUT2D eigenvalue weighted by Gasteiger charge is -2.16. The van der Waals surface area contributed by atoms with Gasteiger partial charge in [-0.05, 0) is 42.5 Å². The van der Waals surface area contributed by atoms with Crippen molar-refractivity contribution in [2.24, 2.45) is 0 Å². The molecule has 4 heterocycles. The zero-order valence-corrected chi connectivity index (χ0v) is 28.2. The number of nitrogens with zero attached hydrogens (tertiary/aromatic N) is 4. The predicted molar refractivity (Wildman–Crippen MR) is 214 cm³/mol. The molecule has 0 spiro atoms. The highest BCUT2D eigenvalue weighted by molar-refractivity contribution is 7.25. The molecule has 7 aromatic carbocycles. The van der Waals surface area contributed by atoms with Crippen molar-refractivity contribution in [3.8, 4) is 34.0 Å². The van der Waals surface area contributed by atoms with Gasteiger partial charge in [0.25, 0.3) is 0 Å². The van der Waals surface area contributed by atoms with Crippen molar-refractivity contribution in [2.45, 2.75) is 0 Å². The van der Waals surface area contributed by atoms with E-state index < -0.39 is 0 Å². The minimum Gasteiger partial charge on any atom is -0.309 e. The first-order valence-corrected chi connectivity index (χ1v) is 18.0. The third kappa shape index (κ3) is 4.13. The van der Waals surface area contributed by atoms with Gasteiger partial charge in [0.2, 0.25) is 0 Å². The molecule has 51 heavy (non-hydrogen) atoms. The molecule has 0 aliphatic rings. The monoisotopic (exact) mass is 668 g/mol. The summed E-state index contributed by atoms with van der Waals surface area (Å²) in [6, 6.07) is 60.6. The van der Waals surface area contributed by atoms with Gasteiger partial charge in [-0.3, -0.25) is 0 Å². The van der Waals surface area contributed by atoms with Gasteiger partial charge in [-0.25, -0.2) is 9.97 Å². The minimum atomic E-state index is 0.731. The summed E-state index contributed by atoms with van der Waals surface area (Å²) in [7, 11) is 0. The van der Waals surface area contributed by atoms with E-state index in [1.165, 1.54) is 48.2 Å². The maximum atomic E-state index is 5.43. The summed E-state index contributed by atoms with van der Waals surface area (Å²) in [5.74, 6) is 0.731. The highest BCUT2D eigenvalue weighted by Crippen LogP contribution is 2.45. The maximum absolute atomic E-state index is 5.43. The highest BCUT2D eigenvalue weighted by atomic mass is 32.1. The van der Waals surface area contributed by atoms with Crippen LogP contribution in [-0.2, 0) is 0 Å². The number of hydrogen-bond acceptors (Lipinski definition) is 3. The SMILES string of the molecule is c1ccc(-c2nc(-c3ccccc3-n3c4ccccc4c4ccc5c(c6ccccc6n5-c5ccccc5)c43)c3c(n2)sc2ccccc23)cc1. The molecule has 4 aromatic heterocycles. The predicted octanol–water partition coefficient (Wildman–Crippen LogP) is 12.4. The van der Waals surface area contributed by atoms with Crippen LogP contribution < -0.4 is 0 Å². The van der Waals surface area contributed by atoms with E-state index >= 15 is 0 Å². The Morgan fingerprint density at radius 1 is 0.431 bits per heavy atom. The zero-order valence-electron chi connectivity index (χ0n) is 27.4.